The number of aromatic nitrogens is 2. The third-order valence-corrected chi connectivity index (χ3v) is 2.95. The summed E-state index contributed by atoms with van der Waals surface area (Å²) in [5.41, 5.74) is 0.709. The van der Waals surface area contributed by atoms with Crippen LogP contribution < -0.4 is 0 Å². The molecule has 0 aromatic carbocycles. The standard InChI is InChI=1S/C5H8N2O3PS/c1-4-2-5(7-3-6-4)12-11(8,9)10/h2-3,8-10H,1H3/q+1. The van der Waals surface area contributed by atoms with Crippen LogP contribution in [-0.2, 0) is 10.9 Å². The molecule has 0 saturated carbocycles. The fourth-order valence-corrected chi connectivity index (χ4v) is 2.23. The van der Waals surface area contributed by atoms with Crippen LogP contribution >= 0.6 is 6.72 Å². The molecule has 3 N–H and O–H groups in total. The molecule has 0 aliphatic heterocycles. The third kappa shape index (κ3) is 3.34. The molecule has 0 saturated heterocycles. The molecule has 12 heavy (non-hydrogen) atoms. The first-order valence-corrected chi connectivity index (χ1v) is 6.10. The van der Waals surface area contributed by atoms with Gasteiger partial charge in [0.15, 0.2) is 0 Å². The Morgan fingerprint density at radius 1 is 1.33 bits per heavy atom. The van der Waals surface area contributed by atoms with Gasteiger partial charge in [-0.2, -0.15) is 4.98 Å². The predicted octanol–water partition coefficient (Wildman–Crippen LogP) is -0.119. The molecule has 7 heteroatoms. The smallest absolute Gasteiger partial charge is 0.289 e. The molecule has 0 aliphatic rings. The van der Waals surface area contributed by atoms with Crippen LogP contribution in [0.25, 0.3) is 0 Å². The molecule has 0 radical (unpaired) electrons. The third-order valence-electron chi connectivity index (χ3n) is 0.995. The van der Waals surface area contributed by atoms with Gasteiger partial charge in [0.25, 0.3) is 0 Å². The quantitative estimate of drug-likeness (QED) is 0.339. The Bertz CT molecular complexity index is 329. The lowest BCUT2D eigenvalue weighted by molar-refractivity contribution is 0.363. The predicted molar refractivity (Wildman–Crippen MR) is 46.0 cm³/mol. The summed E-state index contributed by atoms with van der Waals surface area (Å²) < 4.78 is 0. The summed E-state index contributed by atoms with van der Waals surface area (Å²) in [7, 11) is 0.542. The van der Waals surface area contributed by atoms with Gasteiger partial charge in [0.2, 0.25) is 0 Å². The van der Waals surface area contributed by atoms with Gasteiger partial charge in [0.05, 0.1) is 0 Å². The first-order valence-electron chi connectivity index (χ1n) is 3.03. The van der Waals surface area contributed by atoms with E-state index in [1.54, 1.807) is 13.0 Å². The van der Waals surface area contributed by atoms with Gasteiger partial charge in [0.1, 0.15) is 6.33 Å². The summed E-state index contributed by atoms with van der Waals surface area (Å²) in [6.07, 6.45) is 1.30. The van der Waals surface area contributed by atoms with E-state index in [2.05, 4.69) is 9.97 Å². The van der Waals surface area contributed by atoms with Gasteiger partial charge in [-0.25, -0.2) is 4.98 Å². The lowest BCUT2D eigenvalue weighted by Crippen LogP contribution is -1.88. The van der Waals surface area contributed by atoms with Crippen LogP contribution in [0.15, 0.2) is 17.4 Å². The fraction of sp³-hybridized carbons (Fsp3) is 0.200. The molecule has 5 nitrogen and oxygen atoms in total. The molecule has 66 valence electrons. The molecule has 0 spiro atoms. The van der Waals surface area contributed by atoms with E-state index >= 15 is 0 Å². The molecule has 0 aliphatic carbocycles. The molecule has 0 fully saturated rings. The Balaban J connectivity index is 3.06. The Labute approximate surface area is 73.0 Å². The molecular weight excluding hydrogens is 199 g/mol. The second-order valence-electron chi connectivity index (χ2n) is 2.10. The Morgan fingerprint density at radius 2 is 2.00 bits per heavy atom. The molecule has 0 bridgehead atoms. The minimum atomic E-state index is -3.83. The van der Waals surface area contributed by atoms with E-state index in [9.17, 15) is 0 Å². The average molecular weight is 207 g/mol. The van der Waals surface area contributed by atoms with Gasteiger partial charge in [-0.05, 0) is 6.92 Å². The number of aryl methyl sites for hydroxylation is 1. The highest BCUT2D eigenvalue weighted by Crippen LogP contribution is 2.32. The zero-order chi connectivity index (χ0) is 9.19. The first kappa shape index (κ1) is 9.70. The number of hydrogen-bond acceptors (Lipinski definition) is 2. The van der Waals surface area contributed by atoms with Crippen molar-refractivity contribution in [3.05, 3.63) is 18.1 Å². The molecule has 1 heterocycles. The summed E-state index contributed by atoms with van der Waals surface area (Å²) in [5.74, 6) is 0. The lowest BCUT2D eigenvalue weighted by atomic mass is 10.5. The molecule has 1 aromatic heterocycles. The first-order chi connectivity index (χ1) is 5.47. The van der Waals surface area contributed by atoms with Gasteiger partial charge in [-0.1, -0.05) is 0 Å². The van der Waals surface area contributed by atoms with E-state index in [4.69, 9.17) is 14.7 Å². The normalized spacial score (nSPS) is 11.3. The summed E-state index contributed by atoms with van der Waals surface area (Å²) in [5, 5.41) is 0.350. The highest BCUT2D eigenvalue weighted by atomic mass is 32.5. The fourth-order valence-electron chi connectivity index (χ4n) is 0.605. The maximum atomic E-state index is 8.69. The van der Waals surface area contributed by atoms with Gasteiger partial charge in [-0.15, -0.1) is 0 Å². The molecular formula is C5H8N2O3PS+. The zero-order valence-electron chi connectivity index (χ0n) is 6.25. The van der Waals surface area contributed by atoms with Gasteiger partial charge in [-0.3, -0.25) is 14.7 Å². The van der Waals surface area contributed by atoms with Crippen molar-refractivity contribution in [2.45, 2.75) is 11.9 Å². The summed E-state index contributed by atoms with van der Waals surface area (Å²) in [6, 6.07) is 1.56. The molecule has 0 atom stereocenters. The van der Waals surface area contributed by atoms with Crippen molar-refractivity contribution in [2.75, 3.05) is 0 Å². The van der Waals surface area contributed by atoms with E-state index in [0.29, 0.717) is 21.7 Å². The van der Waals surface area contributed by atoms with Crippen molar-refractivity contribution in [1.29, 1.82) is 0 Å². The average Bonchev–Trinajstić information content (AvgIpc) is 1.82. The maximum absolute atomic E-state index is 8.69. The largest absolute Gasteiger partial charge is 0.523 e. The Hall–Kier alpha value is -0.390. The number of hydrogen-bond donors (Lipinski definition) is 3. The van der Waals surface area contributed by atoms with Crippen LogP contribution in [0.5, 0.6) is 0 Å². The molecule has 0 amide bonds. The second-order valence-corrected chi connectivity index (χ2v) is 5.75. The minimum absolute atomic E-state index is 0.350. The van der Waals surface area contributed by atoms with E-state index in [-0.39, 0.29) is 0 Å². The van der Waals surface area contributed by atoms with Crippen molar-refractivity contribution >= 4 is 17.7 Å². The van der Waals surface area contributed by atoms with E-state index < -0.39 is 6.72 Å². The zero-order valence-corrected chi connectivity index (χ0v) is 7.96. The van der Waals surface area contributed by atoms with Crippen LogP contribution in [-0.4, -0.2) is 24.6 Å². The van der Waals surface area contributed by atoms with Crippen LogP contribution in [0.4, 0.5) is 0 Å². The van der Waals surface area contributed by atoms with Gasteiger partial charge in [0, 0.05) is 11.8 Å². The topological polar surface area (TPSA) is 86.5 Å². The van der Waals surface area contributed by atoms with E-state index in [1.165, 1.54) is 6.33 Å². The summed E-state index contributed by atoms with van der Waals surface area (Å²) in [6.45, 7) is -2.08. The number of rotatable bonds is 1. The van der Waals surface area contributed by atoms with Gasteiger partial charge >= 0.3 is 22.7 Å². The summed E-state index contributed by atoms with van der Waals surface area (Å²) >= 11 is 0. The maximum Gasteiger partial charge on any atom is 0.523 e. The summed E-state index contributed by atoms with van der Waals surface area (Å²) in [4.78, 5) is 33.6. The number of nitrogens with zero attached hydrogens (tertiary/aromatic N) is 2. The van der Waals surface area contributed by atoms with E-state index in [0.717, 1.165) is 0 Å². The van der Waals surface area contributed by atoms with Crippen molar-refractivity contribution < 1.29 is 14.7 Å². The van der Waals surface area contributed by atoms with Crippen LogP contribution in [0.2, 0.25) is 0 Å². The van der Waals surface area contributed by atoms with E-state index in [1.807, 2.05) is 0 Å². The van der Waals surface area contributed by atoms with Gasteiger partial charge < -0.3 is 0 Å². The van der Waals surface area contributed by atoms with Crippen LogP contribution in [0, 0.1) is 6.92 Å². The van der Waals surface area contributed by atoms with Crippen molar-refractivity contribution in [3.63, 3.8) is 0 Å². The van der Waals surface area contributed by atoms with Crippen LogP contribution in [0.1, 0.15) is 5.69 Å². The van der Waals surface area contributed by atoms with Crippen molar-refractivity contribution in [2.24, 2.45) is 0 Å². The molecule has 1 rings (SSSR count). The molecule has 1 aromatic rings. The second kappa shape index (κ2) is 3.55. The van der Waals surface area contributed by atoms with Crippen molar-refractivity contribution in [1.82, 2.24) is 9.97 Å². The minimum Gasteiger partial charge on any atom is -0.289 e. The SMILES string of the molecule is Cc1cc([S+]=P(O)(O)O)ncn1. The van der Waals surface area contributed by atoms with Crippen molar-refractivity contribution in [3.8, 4) is 0 Å². The lowest BCUT2D eigenvalue weighted by Gasteiger charge is -1.87. The highest BCUT2D eigenvalue weighted by molar-refractivity contribution is 8.16. The Morgan fingerprint density at radius 3 is 2.50 bits per heavy atom. The molecule has 0 unspecified atom stereocenters. The monoisotopic (exact) mass is 207 g/mol. The Kier molecular flexibility index (Phi) is 2.87. The van der Waals surface area contributed by atoms with Crippen LogP contribution in [0.3, 0.4) is 0 Å². The highest BCUT2D eigenvalue weighted by Gasteiger charge is 2.22.